The maximum Gasteiger partial charge on any atom is 0.354 e. The van der Waals surface area contributed by atoms with Crippen molar-refractivity contribution in [1.29, 1.82) is 0 Å². The molecule has 3 rings (SSSR count). The number of aromatic nitrogens is 3. The molecular formula is C16H20N4O3. The molecule has 0 fully saturated rings. The van der Waals surface area contributed by atoms with Crippen LogP contribution in [0.3, 0.4) is 0 Å². The standard InChI is InChI=1S/C16H20N4O3/c1-16(2)6-13-10(7-17-19-13)8-20(9-16)14(21)11-4-5-12(18-11)15(22)23-3/h4-5,7,18H,6,8-9H2,1-3H3,(H,17,19). The molecule has 0 unspecified atom stereocenters. The molecule has 2 N–H and O–H groups in total. The second-order valence-electron chi connectivity index (χ2n) is 6.65. The Balaban J connectivity index is 1.87. The number of hydrogen-bond acceptors (Lipinski definition) is 4. The van der Waals surface area contributed by atoms with Crippen LogP contribution in [-0.2, 0) is 17.7 Å². The number of hydrogen-bond donors (Lipinski definition) is 2. The fourth-order valence-electron chi connectivity index (χ4n) is 3.00. The van der Waals surface area contributed by atoms with Gasteiger partial charge in [-0.3, -0.25) is 9.89 Å². The zero-order valence-electron chi connectivity index (χ0n) is 13.5. The average Bonchev–Trinajstić information content (AvgIpc) is 3.12. The summed E-state index contributed by atoms with van der Waals surface area (Å²) in [5.41, 5.74) is 2.70. The Bertz CT molecular complexity index is 744. The predicted octanol–water partition coefficient (Wildman–Crippen LogP) is 1.75. The zero-order valence-corrected chi connectivity index (χ0v) is 13.5. The molecule has 0 bridgehead atoms. The van der Waals surface area contributed by atoms with Crippen LogP contribution in [0.15, 0.2) is 18.3 Å². The van der Waals surface area contributed by atoms with E-state index in [2.05, 4.69) is 33.8 Å². The number of methoxy groups -OCH3 is 1. The van der Waals surface area contributed by atoms with Gasteiger partial charge in [0.15, 0.2) is 0 Å². The van der Waals surface area contributed by atoms with Gasteiger partial charge in [0, 0.05) is 24.3 Å². The number of H-pyrrole nitrogens is 2. The quantitative estimate of drug-likeness (QED) is 0.826. The van der Waals surface area contributed by atoms with Crippen molar-refractivity contribution in [2.75, 3.05) is 13.7 Å². The first-order valence-corrected chi connectivity index (χ1v) is 7.47. The molecular weight excluding hydrogens is 296 g/mol. The van der Waals surface area contributed by atoms with E-state index < -0.39 is 5.97 Å². The first-order valence-electron chi connectivity index (χ1n) is 7.47. The number of carbonyl (C=O) groups excluding carboxylic acids is 2. The summed E-state index contributed by atoms with van der Waals surface area (Å²) in [5, 5.41) is 7.11. The SMILES string of the molecule is COC(=O)c1ccc(C(=O)N2Cc3cn[nH]c3CC(C)(C)C2)[nH]1. The van der Waals surface area contributed by atoms with Crippen LogP contribution >= 0.6 is 0 Å². The minimum Gasteiger partial charge on any atom is -0.464 e. The Hall–Kier alpha value is -2.57. The van der Waals surface area contributed by atoms with Gasteiger partial charge in [0.2, 0.25) is 0 Å². The van der Waals surface area contributed by atoms with Gasteiger partial charge in [-0.15, -0.1) is 0 Å². The van der Waals surface area contributed by atoms with Gasteiger partial charge in [-0.25, -0.2) is 4.79 Å². The van der Waals surface area contributed by atoms with Crippen LogP contribution in [-0.4, -0.2) is 45.6 Å². The molecule has 0 saturated heterocycles. The van der Waals surface area contributed by atoms with E-state index in [0.717, 1.165) is 17.7 Å². The molecule has 1 amide bonds. The summed E-state index contributed by atoms with van der Waals surface area (Å²) in [6, 6.07) is 3.17. The highest BCUT2D eigenvalue weighted by Crippen LogP contribution is 2.29. The normalized spacial score (nSPS) is 16.6. The predicted molar refractivity (Wildman–Crippen MR) is 82.9 cm³/mol. The number of ether oxygens (including phenoxy) is 1. The van der Waals surface area contributed by atoms with E-state index in [4.69, 9.17) is 0 Å². The number of fused-ring (bicyclic) bond motifs is 1. The number of carbonyl (C=O) groups is 2. The molecule has 0 aromatic carbocycles. The molecule has 3 heterocycles. The number of amides is 1. The molecule has 0 spiro atoms. The van der Waals surface area contributed by atoms with Gasteiger partial charge in [0.25, 0.3) is 5.91 Å². The van der Waals surface area contributed by atoms with Crippen molar-refractivity contribution in [2.45, 2.75) is 26.8 Å². The third-order valence-corrected chi connectivity index (χ3v) is 4.05. The number of rotatable bonds is 2. The molecule has 0 saturated carbocycles. The van der Waals surface area contributed by atoms with E-state index in [-0.39, 0.29) is 17.0 Å². The Morgan fingerprint density at radius 1 is 1.30 bits per heavy atom. The molecule has 23 heavy (non-hydrogen) atoms. The highest BCUT2D eigenvalue weighted by molar-refractivity contribution is 5.95. The van der Waals surface area contributed by atoms with Crippen LogP contribution in [0.25, 0.3) is 0 Å². The Kier molecular flexibility index (Phi) is 3.71. The van der Waals surface area contributed by atoms with E-state index in [9.17, 15) is 9.59 Å². The summed E-state index contributed by atoms with van der Waals surface area (Å²) < 4.78 is 4.66. The molecule has 0 atom stereocenters. The van der Waals surface area contributed by atoms with Crippen LogP contribution in [0, 0.1) is 5.41 Å². The molecule has 2 aromatic heterocycles. The smallest absolute Gasteiger partial charge is 0.354 e. The van der Waals surface area contributed by atoms with Crippen molar-refractivity contribution in [2.24, 2.45) is 5.41 Å². The van der Waals surface area contributed by atoms with Crippen LogP contribution in [0.2, 0.25) is 0 Å². The Morgan fingerprint density at radius 3 is 2.78 bits per heavy atom. The van der Waals surface area contributed by atoms with Crippen molar-refractivity contribution in [3.05, 3.63) is 41.0 Å². The summed E-state index contributed by atoms with van der Waals surface area (Å²) in [5.74, 6) is -0.625. The van der Waals surface area contributed by atoms with Gasteiger partial charge >= 0.3 is 5.97 Å². The zero-order chi connectivity index (χ0) is 16.6. The summed E-state index contributed by atoms with van der Waals surface area (Å²) in [6.45, 7) is 5.37. The minimum atomic E-state index is -0.489. The fourth-order valence-corrected chi connectivity index (χ4v) is 3.00. The summed E-state index contributed by atoms with van der Waals surface area (Å²) in [6.07, 6.45) is 2.61. The maximum absolute atomic E-state index is 12.8. The number of esters is 1. The van der Waals surface area contributed by atoms with Crippen LogP contribution < -0.4 is 0 Å². The lowest BCUT2D eigenvalue weighted by molar-refractivity contribution is 0.0594. The third kappa shape index (κ3) is 2.99. The Morgan fingerprint density at radius 2 is 2.04 bits per heavy atom. The second-order valence-corrected chi connectivity index (χ2v) is 6.65. The average molecular weight is 316 g/mol. The lowest BCUT2D eigenvalue weighted by Crippen LogP contribution is -2.37. The molecule has 7 nitrogen and oxygen atoms in total. The van der Waals surface area contributed by atoms with Gasteiger partial charge in [-0.2, -0.15) is 5.10 Å². The summed E-state index contributed by atoms with van der Waals surface area (Å²) >= 11 is 0. The molecule has 1 aliphatic heterocycles. The first kappa shape index (κ1) is 15.3. The van der Waals surface area contributed by atoms with Crippen molar-refractivity contribution in [1.82, 2.24) is 20.1 Å². The maximum atomic E-state index is 12.8. The molecule has 1 aliphatic rings. The largest absolute Gasteiger partial charge is 0.464 e. The van der Waals surface area contributed by atoms with Crippen LogP contribution in [0.5, 0.6) is 0 Å². The number of nitrogens with zero attached hydrogens (tertiary/aromatic N) is 2. The Labute approximate surface area is 134 Å². The highest BCUT2D eigenvalue weighted by atomic mass is 16.5. The van der Waals surface area contributed by atoms with Crippen molar-refractivity contribution < 1.29 is 14.3 Å². The van der Waals surface area contributed by atoms with Gasteiger partial charge in [0.1, 0.15) is 11.4 Å². The van der Waals surface area contributed by atoms with Crippen molar-refractivity contribution in [3.8, 4) is 0 Å². The molecule has 0 radical (unpaired) electrons. The van der Waals surface area contributed by atoms with Gasteiger partial charge in [0.05, 0.1) is 13.3 Å². The van der Waals surface area contributed by atoms with Crippen LogP contribution in [0.4, 0.5) is 0 Å². The summed E-state index contributed by atoms with van der Waals surface area (Å²) in [7, 11) is 1.31. The molecule has 0 aliphatic carbocycles. The van der Waals surface area contributed by atoms with Crippen LogP contribution in [0.1, 0.15) is 46.1 Å². The van der Waals surface area contributed by atoms with E-state index in [1.165, 1.54) is 7.11 Å². The van der Waals surface area contributed by atoms with Gasteiger partial charge in [-0.1, -0.05) is 13.8 Å². The molecule has 122 valence electrons. The monoisotopic (exact) mass is 316 g/mol. The molecule has 7 heteroatoms. The lowest BCUT2D eigenvalue weighted by Gasteiger charge is -2.29. The third-order valence-electron chi connectivity index (χ3n) is 4.05. The lowest BCUT2D eigenvalue weighted by atomic mass is 9.88. The number of nitrogens with one attached hydrogen (secondary N) is 2. The number of aromatic amines is 2. The molecule has 2 aromatic rings. The van der Waals surface area contributed by atoms with Crippen molar-refractivity contribution in [3.63, 3.8) is 0 Å². The highest BCUT2D eigenvalue weighted by Gasteiger charge is 2.32. The first-order chi connectivity index (χ1) is 10.9. The van der Waals surface area contributed by atoms with E-state index >= 15 is 0 Å². The van der Waals surface area contributed by atoms with E-state index in [0.29, 0.717) is 18.8 Å². The minimum absolute atomic E-state index is 0.0643. The van der Waals surface area contributed by atoms with Gasteiger partial charge < -0.3 is 14.6 Å². The van der Waals surface area contributed by atoms with E-state index in [1.54, 1.807) is 23.2 Å². The fraction of sp³-hybridized carbons (Fsp3) is 0.438. The van der Waals surface area contributed by atoms with Crippen molar-refractivity contribution >= 4 is 11.9 Å². The topological polar surface area (TPSA) is 91.1 Å². The van der Waals surface area contributed by atoms with E-state index in [1.807, 2.05) is 0 Å². The second kappa shape index (κ2) is 5.57. The van der Waals surface area contributed by atoms with Gasteiger partial charge in [-0.05, 0) is 24.0 Å². The summed E-state index contributed by atoms with van der Waals surface area (Å²) in [4.78, 5) is 29.0.